The second kappa shape index (κ2) is 9.70. The van der Waals surface area contributed by atoms with Crippen LogP contribution in [0.15, 0.2) is 71.9 Å². The van der Waals surface area contributed by atoms with Crippen molar-refractivity contribution in [3.8, 4) is 0 Å². The van der Waals surface area contributed by atoms with E-state index in [0.29, 0.717) is 18.1 Å². The van der Waals surface area contributed by atoms with E-state index in [1.807, 2.05) is 63.2 Å². The number of anilines is 1. The van der Waals surface area contributed by atoms with Gasteiger partial charge in [-0.3, -0.25) is 14.4 Å². The number of amidine groups is 1. The lowest BCUT2D eigenvalue weighted by molar-refractivity contribution is -0.133. The summed E-state index contributed by atoms with van der Waals surface area (Å²) in [6, 6.07) is 13.7. The van der Waals surface area contributed by atoms with Crippen LogP contribution in [0.4, 0.5) is 5.69 Å². The van der Waals surface area contributed by atoms with Crippen molar-refractivity contribution in [2.45, 2.75) is 46.2 Å². The van der Waals surface area contributed by atoms with Gasteiger partial charge in [0.1, 0.15) is 17.9 Å². The van der Waals surface area contributed by atoms with Gasteiger partial charge in [0.15, 0.2) is 0 Å². The van der Waals surface area contributed by atoms with E-state index in [2.05, 4.69) is 10.3 Å². The van der Waals surface area contributed by atoms with Gasteiger partial charge in [0.2, 0.25) is 5.91 Å². The largest absolute Gasteiger partial charge is 0.350 e. The molecule has 35 heavy (non-hydrogen) atoms. The summed E-state index contributed by atoms with van der Waals surface area (Å²) in [5.74, 6) is -0.563. The molecular weight excluding hydrogens is 440 g/mol. The standard InChI is InChI=1S/C28H30N4O3/c1-19-9-12-22(13-10-19)17-29-26(34)18-31(23-15-20(2)8-11-21(23)3)27(35)28(4)16-25(33)30-24-7-5-6-14-32(24)28/h5-15H,16-18H2,1-4H3,(H,29,34)/t28-/m0/s1. The predicted molar refractivity (Wildman–Crippen MR) is 137 cm³/mol. The molecule has 2 aromatic carbocycles. The predicted octanol–water partition coefficient (Wildman–Crippen LogP) is 3.73. The number of benzene rings is 2. The van der Waals surface area contributed by atoms with E-state index in [1.165, 1.54) is 4.90 Å². The number of hydrogen-bond acceptors (Lipinski definition) is 4. The second-order valence-corrected chi connectivity index (χ2v) is 9.33. The number of amides is 3. The molecule has 2 aliphatic rings. The van der Waals surface area contributed by atoms with Gasteiger partial charge in [-0.2, -0.15) is 4.99 Å². The highest BCUT2D eigenvalue weighted by molar-refractivity contribution is 6.13. The summed E-state index contributed by atoms with van der Waals surface area (Å²) in [6.07, 6.45) is 6.96. The fraction of sp³-hybridized carbons (Fsp3) is 0.286. The summed E-state index contributed by atoms with van der Waals surface area (Å²) >= 11 is 0. The summed E-state index contributed by atoms with van der Waals surface area (Å²) < 4.78 is 0. The quantitative estimate of drug-likeness (QED) is 0.698. The van der Waals surface area contributed by atoms with Crippen LogP contribution in [0.5, 0.6) is 0 Å². The van der Waals surface area contributed by atoms with Gasteiger partial charge in [-0.25, -0.2) is 0 Å². The van der Waals surface area contributed by atoms with Crippen molar-refractivity contribution in [3.05, 3.63) is 89.1 Å². The summed E-state index contributed by atoms with van der Waals surface area (Å²) in [7, 11) is 0. The normalized spacial score (nSPS) is 18.7. The Balaban J connectivity index is 1.64. The van der Waals surface area contributed by atoms with Crippen LogP contribution in [0.1, 0.15) is 35.6 Å². The smallest absolute Gasteiger partial charge is 0.254 e. The van der Waals surface area contributed by atoms with Crippen LogP contribution in [0.25, 0.3) is 0 Å². The maximum absolute atomic E-state index is 14.2. The number of carbonyl (C=O) groups is 3. The molecule has 0 spiro atoms. The summed E-state index contributed by atoms with van der Waals surface area (Å²) in [5, 5.41) is 2.93. The van der Waals surface area contributed by atoms with Gasteiger partial charge in [0.25, 0.3) is 11.8 Å². The Kier molecular flexibility index (Phi) is 6.69. The first-order valence-corrected chi connectivity index (χ1v) is 11.6. The number of nitrogens with one attached hydrogen (secondary N) is 1. The van der Waals surface area contributed by atoms with Crippen LogP contribution in [0, 0.1) is 20.8 Å². The molecule has 1 N–H and O–H groups in total. The van der Waals surface area contributed by atoms with Gasteiger partial charge in [-0.1, -0.05) is 48.0 Å². The lowest BCUT2D eigenvalue weighted by Gasteiger charge is -2.44. The molecular formula is C28H30N4O3. The number of carbonyl (C=O) groups excluding carboxylic acids is 3. The zero-order valence-electron chi connectivity index (χ0n) is 20.5. The first-order chi connectivity index (χ1) is 16.7. The first-order valence-electron chi connectivity index (χ1n) is 11.6. The molecule has 2 heterocycles. The SMILES string of the molecule is Cc1ccc(CNC(=O)CN(C(=O)[C@]2(C)CC(=O)N=C3C=CC=CN32)c2cc(C)ccc2C)cc1. The van der Waals surface area contributed by atoms with Crippen molar-refractivity contribution in [1.82, 2.24) is 10.2 Å². The molecule has 0 unspecified atom stereocenters. The zero-order valence-corrected chi connectivity index (χ0v) is 20.5. The second-order valence-electron chi connectivity index (χ2n) is 9.33. The van der Waals surface area contributed by atoms with E-state index < -0.39 is 5.54 Å². The summed E-state index contributed by atoms with van der Waals surface area (Å²) in [6.45, 7) is 7.78. The van der Waals surface area contributed by atoms with Gasteiger partial charge in [0, 0.05) is 18.4 Å². The fourth-order valence-corrected chi connectivity index (χ4v) is 4.34. The molecule has 0 radical (unpaired) electrons. The third kappa shape index (κ3) is 5.09. The maximum atomic E-state index is 14.2. The molecule has 7 nitrogen and oxygen atoms in total. The molecule has 3 amide bonds. The molecule has 0 aromatic heterocycles. The molecule has 2 aliphatic heterocycles. The molecule has 180 valence electrons. The average Bonchev–Trinajstić information content (AvgIpc) is 2.83. The van der Waals surface area contributed by atoms with Crippen molar-refractivity contribution in [3.63, 3.8) is 0 Å². The number of fused-ring (bicyclic) bond motifs is 1. The molecule has 2 aromatic rings. The van der Waals surface area contributed by atoms with Crippen molar-refractivity contribution in [2.24, 2.45) is 4.99 Å². The third-order valence-corrected chi connectivity index (χ3v) is 6.38. The topological polar surface area (TPSA) is 82.1 Å². The van der Waals surface area contributed by atoms with Crippen LogP contribution in [0.3, 0.4) is 0 Å². The number of hydrogen-bond donors (Lipinski definition) is 1. The van der Waals surface area contributed by atoms with E-state index >= 15 is 0 Å². The third-order valence-electron chi connectivity index (χ3n) is 6.38. The van der Waals surface area contributed by atoms with E-state index in [-0.39, 0.29) is 30.7 Å². The molecule has 4 rings (SSSR count). The van der Waals surface area contributed by atoms with E-state index in [4.69, 9.17) is 0 Å². The fourth-order valence-electron chi connectivity index (χ4n) is 4.34. The molecule has 0 fully saturated rings. The summed E-state index contributed by atoms with van der Waals surface area (Å²) in [5.41, 5.74) is 3.38. The van der Waals surface area contributed by atoms with Crippen molar-refractivity contribution in [1.29, 1.82) is 0 Å². The minimum absolute atomic E-state index is 0.0835. The molecule has 0 saturated carbocycles. The van der Waals surface area contributed by atoms with Crippen LogP contribution >= 0.6 is 0 Å². The van der Waals surface area contributed by atoms with Gasteiger partial charge < -0.3 is 15.1 Å². The van der Waals surface area contributed by atoms with E-state index in [0.717, 1.165) is 22.3 Å². The average molecular weight is 471 g/mol. The van der Waals surface area contributed by atoms with Gasteiger partial charge in [-0.05, 0) is 62.6 Å². The number of allylic oxidation sites excluding steroid dienone is 2. The highest BCUT2D eigenvalue weighted by Gasteiger charge is 2.48. The molecule has 0 bridgehead atoms. The Morgan fingerprint density at radius 3 is 2.51 bits per heavy atom. The Morgan fingerprint density at radius 2 is 1.77 bits per heavy atom. The van der Waals surface area contributed by atoms with E-state index in [9.17, 15) is 14.4 Å². The Bertz CT molecular complexity index is 1260. The molecule has 0 saturated heterocycles. The minimum atomic E-state index is -1.22. The van der Waals surface area contributed by atoms with Crippen molar-refractivity contribution in [2.75, 3.05) is 11.4 Å². The zero-order chi connectivity index (χ0) is 25.2. The van der Waals surface area contributed by atoms with E-state index in [1.54, 1.807) is 36.3 Å². The van der Waals surface area contributed by atoms with Gasteiger partial charge >= 0.3 is 0 Å². The number of nitrogens with zero attached hydrogens (tertiary/aromatic N) is 3. The Labute approximate surface area is 205 Å². The number of aliphatic imine (C=N–C) groups is 1. The number of rotatable bonds is 6. The Morgan fingerprint density at radius 1 is 1.06 bits per heavy atom. The Hall–Kier alpha value is -4.00. The molecule has 0 aliphatic carbocycles. The van der Waals surface area contributed by atoms with Crippen molar-refractivity contribution < 1.29 is 14.4 Å². The lowest BCUT2D eigenvalue weighted by atomic mass is 9.90. The maximum Gasteiger partial charge on any atom is 0.254 e. The van der Waals surface area contributed by atoms with Gasteiger partial charge in [-0.15, -0.1) is 0 Å². The van der Waals surface area contributed by atoms with Crippen LogP contribution in [-0.4, -0.2) is 40.5 Å². The van der Waals surface area contributed by atoms with Crippen LogP contribution < -0.4 is 10.2 Å². The first kappa shape index (κ1) is 24.1. The summed E-state index contributed by atoms with van der Waals surface area (Å²) in [4.78, 5) is 47.0. The highest BCUT2D eigenvalue weighted by Crippen LogP contribution is 2.33. The highest BCUT2D eigenvalue weighted by atomic mass is 16.2. The van der Waals surface area contributed by atoms with Crippen molar-refractivity contribution >= 4 is 29.2 Å². The van der Waals surface area contributed by atoms with Gasteiger partial charge in [0.05, 0.1) is 6.42 Å². The molecule has 7 heteroatoms. The number of aryl methyl sites for hydroxylation is 3. The van der Waals surface area contributed by atoms with Crippen LogP contribution in [-0.2, 0) is 20.9 Å². The lowest BCUT2D eigenvalue weighted by Crippen LogP contribution is -2.62. The van der Waals surface area contributed by atoms with Crippen LogP contribution in [0.2, 0.25) is 0 Å². The molecule has 1 atom stereocenters. The monoisotopic (exact) mass is 470 g/mol. The minimum Gasteiger partial charge on any atom is -0.350 e.